The number of hydrogen-bond donors (Lipinski definition) is 0. The van der Waals surface area contributed by atoms with E-state index in [-0.39, 0.29) is 6.42 Å². The molecule has 58 valence electrons. The Morgan fingerprint density at radius 3 is 2.09 bits per heavy atom. The monoisotopic (exact) mass is 154 g/mol. The van der Waals surface area contributed by atoms with E-state index < -0.39 is 11.9 Å². The van der Waals surface area contributed by atoms with Gasteiger partial charge in [0, 0.05) is 6.42 Å². The zero-order valence-electron chi connectivity index (χ0n) is 5.90. The molecule has 0 atom stereocenters. The van der Waals surface area contributed by atoms with Crippen LogP contribution in [0.15, 0.2) is 9.98 Å². The molecule has 0 fully saturated rings. The predicted molar refractivity (Wildman–Crippen MR) is 35.3 cm³/mol. The molecule has 0 rings (SSSR count). The van der Waals surface area contributed by atoms with Gasteiger partial charge in [0.1, 0.15) is 0 Å². The standard InChI is InChI=1S/C6H6N2O3/c1-2-5(11)6(7-3-9)8-4-10/h6H,2H2,1H3. The molecule has 11 heavy (non-hydrogen) atoms. The smallest absolute Gasteiger partial charge is 0.237 e. The molecule has 5 nitrogen and oxygen atoms in total. The lowest BCUT2D eigenvalue weighted by molar-refractivity contribution is -0.119. The van der Waals surface area contributed by atoms with E-state index in [2.05, 4.69) is 9.98 Å². The Kier molecular flexibility index (Phi) is 4.49. The van der Waals surface area contributed by atoms with Gasteiger partial charge < -0.3 is 0 Å². The highest BCUT2D eigenvalue weighted by atomic mass is 16.1. The van der Waals surface area contributed by atoms with Crippen LogP contribution in [0.3, 0.4) is 0 Å². The molecule has 0 aromatic rings. The second-order valence-corrected chi connectivity index (χ2v) is 1.63. The number of hydrogen-bond acceptors (Lipinski definition) is 5. The number of aliphatic imine (C=N–C) groups is 2. The fourth-order valence-corrected chi connectivity index (χ4v) is 0.455. The molecule has 0 spiro atoms. The van der Waals surface area contributed by atoms with Crippen LogP contribution in [0.25, 0.3) is 0 Å². The van der Waals surface area contributed by atoms with E-state index >= 15 is 0 Å². The van der Waals surface area contributed by atoms with Crippen molar-refractivity contribution in [2.75, 3.05) is 0 Å². The number of isocyanates is 2. The highest BCUT2D eigenvalue weighted by Crippen LogP contribution is 1.96. The minimum atomic E-state index is -1.24. The Balaban J connectivity index is 4.45. The third kappa shape index (κ3) is 3.20. The van der Waals surface area contributed by atoms with Crippen LogP contribution in [0.5, 0.6) is 0 Å². The summed E-state index contributed by atoms with van der Waals surface area (Å²) in [5, 5.41) is 0. The highest BCUT2D eigenvalue weighted by molar-refractivity contribution is 5.84. The number of Topliss-reactive ketones (excluding diaryl/α,β-unsaturated/α-hetero) is 1. The van der Waals surface area contributed by atoms with Crippen LogP contribution >= 0.6 is 0 Å². The average Bonchev–Trinajstić information content (AvgIpc) is 2.03. The summed E-state index contributed by atoms with van der Waals surface area (Å²) in [6.07, 6.45) is 1.23. The maximum absolute atomic E-state index is 10.7. The zero-order chi connectivity index (χ0) is 8.69. The first-order chi connectivity index (χ1) is 5.26. The van der Waals surface area contributed by atoms with Crippen molar-refractivity contribution in [3.63, 3.8) is 0 Å². The first-order valence-corrected chi connectivity index (χ1v) is 2.93. The normalized spacial score (nSPS) is 10.6. The molecule has 0 aromatic heterocycles. The molecule has 0 saturated carbocycles. The molecule has 0 bridgehead atoms. The fraction of sp³-hybridized carbons (Fsp3) is 0.500. The Hall–Kier alpha value is -1.57. The van der Waals surface area contributed by atoms with Gasteiger partial charge in [-0.3, -0.25) is 4.79 Å². The van der Waals surface area contributed by atoms with E-state index in [1.165, 1.54) is 0 Å². The van der Waals surface area contributed by atoms with Crippen molar-refractivity contribution in [1.29, 1.82) is 0 Å². The minimum Gasteiger partial charge on any atom is -0.295 e. The third-order valence-electron chi connectivity index (χ3n) is 0.986. The zero-order valence-corrected chi connectivity index (χ0v) is 5.90. The van der Waals surface area contributed by atoms with Gasteiger partial charge in [-0.05, 0) is 0 Å². The topological polar surface area (TPSA) is 75.9 Å². The lowest BCUT2D eigenvalue weighted by Crippen LogP contribution is -2.14. The SMILES string of the molecule is CCC(=O)C(N=C=O)N=C=O. The molecule has 0 unspecified atom stereocenters. The minimum absolute atomic E-state index is 0.168. The summed E-state index contributed by atoms with van der Waals surface area (Å²) in [7, 11) is 0. The summed E-state index contributed by atoms with van der Waals surface area (Å²) in [6, 6.07) is 0. The molecule has 0 heterocycles. The van der Waals surface area contributed by atoms with E-state index in [0.29, 0.717) is 0 Å². The molecule has 0 aliphatic rings. The van der Waals surface area contributed by atoms with Crippen LogP contribution in [-0.4, -0.2) is 24.1 Å². The summed E-state index contributed by atoms with van der Waals surface area (Å²) >= 11 is 0. The van der Waals surface area contributed by atoms with E-state index in [4.69, 9.17) is 0 Å². The van der Waals surface area contributed by atoms with E-state index in [1.807, 2.05) is 0 Å². The van der Waals surface area contributed by atoms with Crippen LogP contribution in [0.2, 0.25) is 0 Å². The Bertz CT molecular complexity index is 218. The maximum Gasteiger partial charge on any atom is 0.237 e. The van der Waals surface area contributed by atoms with Crippen molar-refractivity contribution in [3.8, 4) is 0 Å². The molecular weight excluding hydrogens is 148 g/mol. The average molecular weight is 154 g/mol. The third-order valence-corrected chi connectivity index (χ3v) is 0.986. The highest BCUT2D eigenvalue weighted by Gasteiger charge is 2.12. The van der Waals surface area contributed by atoms with Gasteiger partial charge in [0.15, 0.2) is 5.78 Å². The summed E-state index contributed by atoms with van der Waals surface area (Å²) in [5.41, 5.74) is 0. The molecular formula is C6H6N2O3. The molecule has 0 N–H and O–H groups in total. The molecule has 0 aliphatic heterocycles. The number of ketones is 1. The summed E-state index contributed by atoms with van der Waals surface area (Å²) in [6.45, 7) is 1.58. The van der Waals surface area contributed by atoms with E-state index in [1.54, 1.807) is 6.92 Å². The first kappa shape index (κ1) is 9.43. The van der Waals surface area contributed by atoms with Crippen LogP contribution in [-0.2, 0) is 14.4 Å². The molecule has 0 amide bonds. The van der Waals surface area contributed by atoms with Crippen LogP contribution in [0, 0.1) is 0 Å². The van der Waals surface area contributed by atoms with Crippen LogP contribution in [0.4, 0.5) is 0 Å². The number of carbonyl (C=O) groups excluding carboxylic acids is 3. The number of nitrogens with zero attached hydrogens (tertiary/aromatic N) is 2. The van der Waals surface area contributed by atoms with E-state index in [9.17, 15) is 14.4 Å². The molecule has 0 saturated heterocycles. The van der Waals surface area contributed by atoms with Crippen molar-refractivity contribution in [2.24, 2.45) is 9.98 Å². The molecule has 0 aliphatic carbocycles. The van der Waals surface area contributed by atoms with Crippen molar-refractivity contribution in [1.82, 2.24) is 0 Å². The second-order valence-electron chi connectivity index (χ2n) is 1.63. The second kappa shape index (κ2) is 5.23. The predicted octanol–water partition coefficient (Wildman–Crippen LogP) is -0.0368. The molecule has 0 radical (unpaired) electrons. The molecule has 0 aromatic carbocycles. The van der Waals surface area contributed by atoms with Crippen LogP contribution in [0.1, 0.15) is 13.3 Å². The summed E-state index contributed by atoms with van der Waals surface area (Å²) < 4.78 is 0. The number of carbonyl (C=O) groups is 1. The van der Waals surface area contributed by atoms with Gasteiger partial charge in [-0.1, -0.05) is 6.92 Å². The Morgan fingerprint density at radius 1 is 1.36 bits per heavy atom. The Morgan fingerprint density at radius 2 is 1.82 bits per heavy atom. The molecule has 5 heteroatoms. The first-order valence-electron chi connectivity index (χ1n) is 2.93. The van der Waals surface area contributed by atoms with E-state index in [0.717, 1.165) is 12.2 Å². The largest absolute Gasteiger partial charge is 0.295 e. The maximum atomic E-state index is 10.7. The van der Waals surface area contributed by atoms with Crippen LogP contribution < -0.4 is 0 Å². The van der Waals surface area contributed by atoms with Crippen molar-refractivity contribution < 1.29 is 14.4 Å². The number of rotatable bonds is 4. The van der Waals surface area contributed by atoms with Gasteiger partial charge in [-0.2, -0.15) is 9.98 Å². The quantitative estimate of drug-likeness (QED) is 0.421. The van der Waals surface area contributed by atoms with Gasteiger partial charge in [-0.25, -0.2) is 9.59 Å². The van der Waals surface area contributed by atoms with Crippen molar-refractivity contribution in [2.45, 2.75) is 19.5 Å². The fourth-order valence-electron chi connectivity index (χ4n) is 0.455. The Labute approximate surface area is 62.8 Å². The van der Waals surface area contributed by atoms with Gasteiger partial charge in [0.25, 0.3) is 0 Å². The van der Waals surface area contributed by atoms with Crippen molar-refractivity contribution in [3.05, 3.63) is 0 Å². The summed E-state index contributed by atoms with van der Waals surface area (Å²) in [4.78, 5) is 36.1. The van der Waals surface area contributed by atoms with Gasteiger partial charge in [0.2, 0.25) is 18.3 Å². The van der Waals surface area contributed by atoms with Gasteiger partial charge >= 0.3 is 0 Å². The lowest BCUT2D eigenvalue weighted by Gasteiger charge is -1.96. The van der Waals surface area contributed by atoms with Gasteiger partial charge in [-0.15, -0.1) is 0 Å². The lowest BCUT2D eigenvalue weighted by atomic mass is 10.2. The van der Waals surface area contributed by atoms with Crippen molar-refractivity contribution >= 4 is 17.9 Å². The van der Waals surface area contributed by atoms with Gasteiger partial charge in [0.05, 0.1) is 0 Å². The summed E-state index contributed by atoms with van der Waals surface area (Å²) in [5.74, 6) is -0.406.